The molecule has 22 heavy (non-hydrogen) atoms. The van der Waals surface area contributed by atoms with Crippen molar-refractivity contribution in [3.63, 3.8) is 0 Å². The first-order chi connectivity index (χ1) is 8.12. The van der Waals surface area contributed by atoms with Gasteiger partial charge in [0.05, 0.1) is 6.61 Å². The predicted molar refractivity (Wildman–Crippen MR) is 102 cm³/mol. The van der Waals surface area contributed by atoms with Crippen LogP contribution in [0.3, 0.4) is 0 Å². The van der Waals surface area contributed by atoms with Gasteiger partial charge in [0.25, 0.3) is 0 Å². The molecule has 0 radical (unpaired) electrons. The third kappa shape index (κ3) is 32.6. The third-order valence-electron chi connectivity index (χ3n) is 1.91. The molecule has 0 rings (SSSR count). The summed E-state index contributed by atoms with van der Waals surface area (Å²) in [5.41, 5.74) is 7.66. The monoisotopic (exact) mass is 389 g/mol. The molecule has 0 fully saturated rings. The summed E-state index contributed by atoms with van der Waals surface area (Å²) in [6.07, 6.45) is 2.75. The zero-order valence-corrected chi connectivity index (χ0v) is 11.2. The molecule has 114 valence electrons. The SMILES string of the molecule is CCCCCOP(=O)(O)ONCCNCCN.[NaH].[NaH].[NaH].[NaH].[NaH]. The summed E-state index contributed by atoms with van der Waals surface area (Å²) in [6, 6.07) is 0. The molecule has 0 aliphatic rings. The van der Waals surface area contributed by atoms with Crippen molar-refractivity contribution in [1.29, 1.82) is 0 Å². The fraction of sp³-hybridized carbons (Fsp3) is 1.00. The van der Waals surface area contributed by atoms with E-state index in [1.54, 1.807) is 0 Å². The topological polar surface area (TPSA) is 106 Å². The molecule has 5 N–H and O–H groups in total. The van der Waals surface area contributed by atoms with Crippen molar-refractivity contribution >= 4 is 156 Å². The molecule has 0 bridgehead atoms. The van der Waals surface area contributed by atoms with Crippen LogP contribution in [0.2, 0.25) is 0 Å². The zero-order chi connectivity index (χ0) is 13.0. The van der Waals surface area contributed by atoms with Crippen LogP contribution >= 0.6 is 7.82 Å². The number of nitrogens with two attached hydrogens (primary N) is 1. The average Bonchev–Trinajstić information content (AvgIpc) is 2.29. The second kappa shape index (κ2) is 30.7. The van der Waals surface area contributed by atoms with Crippen LogP contribution in [0.15, 0.2) is 0 Å². The Labute approximate surface area is 245 Å². The van der Waals surface area contributed by atoms with Crippen molar-refractivity contribution in [3.05, 3.63) is 0 Å². The Morgan fingerprint density at radius 3 is 2.14 bits per heavy atom. The molecule has 1 atom stereocenters. The summed E-state index contributed by atoms with van der Waals surface area (Å²) in [7, 11) is -3.95. The first kappa shape index (κ1) is 41.4. The van der Waals surface area contributed by atoms with Crippen LogP contribution in [-0.4, -0.2) is 185 Å². The van der Waals surface area contributed by atoms with E-state index < -0.39 is 7.82 Å². The number of hydrogen-bond acceptors (Lipinski definition) is 6. The van der Waals surface area contributed by atoms with Gasteiger partial charge < -0.3 is 15.9 Å². The van der Waals surface area contributed by atoms with E-state index in [4.69, 9.17) is 10.3 Å². The molecule has 0 aromatic carbocycles. The number of unbranched alkanes of at least 4 members (excludes halogenated alkanes) is 2. The number of hydrogen-bond donors (Lipinski definition) is 4. The van der Waals surface area contributed by atoms with Gasteiger partial charge in [-0.1, -0.05) is 19.8 Å². The van der Waals surface area contributed by atoms with Crippen molar-refractivity contribution in [3.8, 4) is 0 Å². The molecule has 0 aromatic rings. The van der Waals surface area contributed by atoms with Gasteiger partial charge in [-0.15, -0.1) is 0 Å². The Morgan fingerprint density at radius 1 is 1.05 bits per heavy atom. The fourth-order valence-electron chi connectivity index (χ4n) is 1.05. The van der Waals surface area contributed by atoms with E-state index in [9.17, 15) is 9.46 Å². The first-order valence-corrected chi connectivity index (χ1v) is 7.41. The van der Waals surface area contributed by atoms with E-state index in [1.165, 1.54) is 0 Å². The van der Waals surface area contributed by atoms with Crippen LogP contribution in [0.4, 0.5) is 0 Å². The maximum atomic E-state index is 11.3. The summed E-state index contributed by atoms with van der Waals surface area (Å²) in [4.78, 5) is 9.22. The molecule has 13 heteroatoms. The summed E-state index contributed by atoms with van der Waals surface area (Å²) in [5.74, 6) is 0. The van der Waals surface area contributed by atoms with Gasteiger partial charge in [-0.2, -0.15) is 10.1 Å². The van der Waals surface area contributed by atoms with Gasteiger partial charge in [0.1, 0.15) is 0 Å². The van der Waals surface area contributed by atoms with E-state index in [0.717, 1.165) is 19.3 Å². The molecular formula is C9H29N3Na5O4P. The predicted octanol–water partition coefficient (Wildman–Crippen LogP) is -2.88. The third-order valence-corrected chi connectivity index (χ3v) is 2.78. The van der Waals surface area contributed by atoms with Crippen molar-refractivity contribution in [2.24, 2.45) is 5.73 Å². The van der Waals surface area contributed by atoms with E-state index in [1.807, 2.05) is 6.92 Å². The minimum atomic E-state index is -3.95. The molecule has 0 aliphatic heterocycles. The van der Waals surface area contributed by atoms with Crippen LogP contribution in [0.5, 0.6) is 0 Å². The van der Waals surface area contributed by atoms with Crippen molar-refractivity contribution in [2.45, 2.75) is 26.2 Å². The number of phosphoric ester groups is 1. The number of nitrogens with one attached hydrogen (secondary N) is 2. The standard InChI is InChI=1S/C9H24N3O4P.5Na.5H/c1-2-3-4-9-15-17(13,14)16-12-8-7-11-6-5-10;;;;;;;;;;/h11-12H,2-10H2,1H3,(H,13,14);;;;;;;;;;. The number of hydroxylamine groups is 1. The summed E-state index contributed by atoms with van der Waals surface area (Å²) in [5, 5.41) is 3.00. The number of rotatable bonds is 12. The Bertz CT molecular complexity index is 235. The molecule has 0 spiro atoms. The van der Waals surface area contributed by atoms with E-state index in [2.05, 4.69) is 15.4 Å². The summed E-state index contributed by atoms with van der Waals surface area (Å²) >= 11 is 0. The molecule has 0 aliphatic carbocycles. The van der Waals surface area contributed by atoms with Gasteiger partial charge in [0.15, 0.2) is 0 Å². The van der Waals surface area contributed by atoms with Crippen molar-refractivity contribution in [1.82, 2.24) is 10.8 Å². The van der Waals surface area contributed by atoms with E-state index >= 15 is 0 Å². The molecule has 0 heterocycles. The zero-order valence-electron chi connectivity index (χ0n) is 10.4. The minimum absolute atomic E-state index is 0. The van der Waals surface area contributed by atoms with Gasteiger partial charge in [-0.25, -0.2) is 4.57 Å². The molecular weight excluding hydrogens is 360 g/mol. The van der Waals surface area contributed by atoms with Crippen LogP contribution in [-0.2, 0) is 13.7 Å². The first-order valence-electron chi connectivity index (χ1n) is 5.92. The second-order valence-corrected chi connectivity index (χ2v) is 4.91. The van der Waals surface area contributed by atoms with Gasteiger partial charge in [0, 0.05) is 26.2 Å². The molecule has 0 saturated heterocycles. The van der Waals surface area contributed by atoms with Gasteiger partial charge in [-0.05, 0) is 6.42 Å². The average molecular weight is 389 g/mol. The maximum absolute atomic E-state index is 11.3. The molecule has 1 unspecified atom stereocenters. The van der Waals surface area contributed by atoms with Gasteiger partial charge in [0.2, 0.25) is 0 Å². The molecule has 0 amide bonds. The quantitative estimate of drug-likeness (QED) is 0.123. The number of phosphoric acid groups is 1. The fourth-order valence-corrected chi connectivity index (χ4v) is 1.72. The van der Waals surface area contributed by atoms with Crippen molar-refractivity contribution in [2.75, 3.05) is 32.8 Å². The normalized spacial score (nSPS) is 11.4. The van der Waals surface area contributed by atoms with Crippen LogP contribution in [0.25, 0.3) is 0 Å². The van der Waals surface area contributed by atoms with E-state index in [0.29, 0.717) is 26.2 Å². The van der Waals surface area contributed by atoms with E-state index in [-0.39, 0.29) is 154 Å². The van der Waals surface area contributed by atoms with Gasteiger partial charge in [-0.3, -0.25) is 4.52 Å². The summed E-state index contributed by atoms with van der Waals surface area (Å²) in [6.45, 7) is 4.54. The molecule has 0 aromatic heterocycles. The van der Waals surface area contributed by atoms with Crippen molar-refractivity contribution < 1.29 is 18.6 Å². The molecule has 7 nitrogen and oxygen atoms in total. The van der Waals surface area contributed by atoms with Gasteiger partial charge >= 0.3 is 156 Å². The van der Waals surface area contributed by atoms with Crippen LogP contribution in [0, 0.1) is 0 Å². The Kier molecular flexibility index (Phi) is 57.8. The Morgan fingerprint density at radius 2 is 1.64 bits per heavy atom. The Hall–Kier alpha value is 4.99. The second-order valence-electron chi connectivity index (χ2n) is 3.53. The van der Waals surface area contributed by atoms with Crippen LogP contribution in [0.1, 0.15) is 26.2 Å². The Balaban J connectivity index is -0.000000128. The summed E-state index contributed by atoms with van der Waals surface area (Å²) < 4.78 is 20.6. The van der Waals surface area contributed by atoms with Crippen LogP contribution < -0.4 is 16.5 Å². The molecule has 0 saturated carbocycles.